The average Bonchev–Trinajstić information content (AvgIpc) is 2.72. The Bertz CT molecular complexity index is 566. The molecule has 0 N–H and O–H groups in total. The van der Waals surface area contributed by atoms with Gasteiger partial charge in [-0.2, -0.15) is 0 Å². The molecular formula is C17H25BO5. The van der Waals surface area contributed by atoms with E-state index in [0.717, 1.165) is 11.9 Å². The first-order valence-electron chi connectivity index (χ1n) is 7.92. The van der Waals surface area contributed by atoms with E-state index in [0.29, 0.717) is 17.9 Å². The number of rotatable bonds is 5. The summed E-state index contributed by atoms with van der Waals surface area (Å²) in [6.45, 7) is 10.6. The number of benzene rings is 1. The Labute approximate surface area is 138 Å². The second kappa shape index (κ2) is 6.53. The summed E-state index contributed by atoms with van der Waals surface area (Å²) in [5.74, 6) is 0.198. The largest absolute Gasteiger partial charge is 0.494 e. The molecule has 1 aliphatic rings. The zero-order valence-electron chi connectivity index (χ0n) is 14.8. The minimum Gasteiger partial charge on any atom is -0.494 e. The molecule has 5 nitrogen and oxygen atoms in total. The van der Waals surface area contributed by atoms with Gasteiger partial charge in [-0.3, -0.25) is 0 Å². The lowest BCUT2D eigenvalue weighted by Gasteiger charge is -2.32. The smallest absolute Gasteiger partial charge is 0.494 e. The molecule has 1 aromatic carbocycles. The lowest BCUT2D eigenvalue weighted by molar-refractivity contribution is 0.00578. The van der Waals surface area contributed by atoms with Crippen molar-refractivity contribution in [1.82, 2.24) is 0 Å². The molecule has 0 saturated carbocycles. The van der Waals surface area contributed by atoms with E-state index in [9.17, 15) is 4.79 Å². The zero-order valence-corrected chi connectivity index (χ0v) is 14.8. The molecule has 0 atom stereocenters. The number of hydrogen-bond donors (Lipinski definition) is 0. The van der Waals surface area contributed by atoms with Gasteiger partial charge >= 0.3 is 13.1 Å². The van der Waals surface area contributed by atoms with Gasteiger partial charge in [0.05, 0.1) is 30.5 Å². The molecule has 23 heavy (non-hydrogen) atoms. The Morgan fingerprint density at radius 1 is 1.13 bits per heavy atom. The Morgan fingerprint density at radius 3 is 2.26 bits per heavy atom. The molecule has 0 aromatic heterocycles. The Balaban J connectivity index is 2.36. The van der Waals surface area contributed by atoms with Crippen LogP contribution in [-0.2, 0) is 14.0 Å². The van der Waals surface area contributed by atoms with Gasteiger partial charge in [-0.05, 0) is 57.8 Å². The molecule has 0 bridgehead atoms. The molecule has 0 amide bonds. The van der Waals surface area contributed by atoms with E-state index in [-0.39, 0.29) is 0 Å². The Hall–Kier alpha value is -1.53. The normalized spacial score (nSPS) is 18.8. The van der Waals surface area contributed by atoms with Crippen LogP contribution in [0.5, 0.6) is 5.75 Å². The van der Waals surface area contributed by atoms with E-state index in [1.165, 1.54) is 7.11 Å². The van der Waals surface area contributed by atoms with Gasteiger partial charge in [-0.25, -0.2) is 4.79 Å². The van der Waals surface area contributed by atoms with Gasteiger partial charge in [-0.1, -0.05) is 6.92 Å². The highest BCUT2D eigenvalue weighted by Gasteiger charge is 2.51. The number of hydrogen-bond acceptors (Lipinski definition) is 5. The van der Waals surface area contributed by atoms with Crippen LogP contribution in [0.15, 0.2) is 18.2 Å². The topological polar surface area (TPSA) is 54.0 Å². The van der Waals surface area contributed by atoms with E-state index in [2.05, 4.69) is 0 Å². The van der Waals surface area contributed by atoms with Crippen molar-refractivity contribution in [3.63, 3.8) is 0 Å². The molecule has 1 fully saturated rings. The first-order chi connectivity index (χ1) is 10.7. The van der Waals surface area contributed by atoms with Crippen molar-refractivity contribution in [2.45, 2.75) is 52.2 Å². The second-order valence-corrected chi connectivity index (χ2v) is 6.72. The number of carbonyl (C=O) groups is 1. The number of carbonyl (C=O) groups excluding carboxylic acids is 1. The third-order valence-electron chi connectivity index (χ3n) is 4.35. The van der Waals surface area contributed by atoms with E-state index in [1.54, 1.807) is 12.1 Å². The minimum atomic E-state index is -0.548. The van der Waals surface area contributed by atoms with Gasteiger partial charge in [0, 0.05) is 0 Å². The summed E-state index contributed by atoms with van der Waals surface area (Å²) in [7, 11) is 0.810. The highest BCUT2D eigenvalue weighted by molar-refractivity contribution is 6.62. The molecule has 0 spiro atoms. The van der Waals surface area contributed by atoms with Gasteiger partial charge in [0.1, 0.15) is 5.75 Å². The summed E-state index contributed by atoms with van der Waals surface area (Å²) in [6, 6.07) is 5.26. The predicted molar refractivity (Wildman–Crippen MR) is 89.3 cm³/mol. The van der Waals surface area contributed by atoms with Crippen LogP contribution in [0.25, 0.3) is 0 Å². The number of methoxy groups -OCH3 is 1. The predicted octanol–water partition coefficient (Wildman–Crippen LogP) is 2.56. The molecule has 1 heterocycles. The van der Waals surface area contributed by atoms with Crippen LogP contribution in [-0.4, -0.2) is 38.0 Å². The highest BCUT2D eigenvalue weighted by atomic mass is 16.7. The summed E-state index contributed by atoms with van der Waals surface area (Å²) in [4.78, 5) is 11.9. The molecule has 0 radical (unpaired) electrons. The molecule has 0 aliphatic carbocycles. The van der Waals surface area contributed by atoms with E-state index in [1.807, 2.05) is 40.7 Å². The first kappa shape index (κ1) is 17.8. The molecule has 1 aliphatic heterocycles. The van der Waals surface area contributed by atoms with Gasteiger partial charge in [-0.15, -0.1) is 0 Å². The summed E-state index contributed by atoms with van der Waals surface area (Å²) in [5, 5.41) is 0. The molecule has 126 valence electrons. The monoisotopic (exact) mass is 320 g/mol. The van der Waals surface area contributed by atoms with Gasteiger partial charge in [0.15, 0.2) is 0 Å². The van der Waals surface area contributed by atoms with Crippen molar-refractivity contribution in [3.05, 3.63) is 23.8 Å². The van der Waals surface area contributed by atoms with Gasteiger partial charge in [0.2, 0.25) is 0 Å². The second-order valence-electron chi connectivity index (χ2n) is 6.72. The third-order valence-corrected chi connectivity index (χ3v) is 4.35. The molecule has 0 unspecified atom stereocenters. The third kappa shape index (κ3) is 3.70. The molecular weight excluding hydrogens is 295 g/mol. The van der Waals surface area contributed by atoms with Crippen molar-refractivity contribution >= 4 is 18.6 Å². The lowest BCUT2D eigenvalue weighted by atomic mass is 9.78. The molecule has 6 heteroatoms. The van der Waals surface area contributed by atoms with Crippen molar-refractivity contribution < 1.29 is 23.6 Å². The van der Waals surface area contributed by atoms with E-state index < -0.39 is 24.3 Å². The number of ether oxygens (including phenoxy) is 2. The van der Waals surface area contributed by atoms with E-state index in [4.69, 9.17) is 18.8 Å². The summed E-state index contributed by atoms with van der Waals surface area (Å²) >= 11 is 0. The highest BCUT2D eigenvalue weighted by Crippen LogP contribution is 2.36. The van der Waals surface area contributed by atoms with Crippen molar-refractivity contribution in [1.29, 1.82) is 0 Å². The lowest BCUT2D eigenvalue weighted by Crippen LogP contribution is -2.41. The molecule has 1 saturated heterocycles. The summed E-state index contributed by atoms with van der Waals surface area (Å²) in [6.07, 6.45) is 0.883. The summed E-state index contributed by atoms with van der Waals surface area (Å²) in [5.41, 5.74) is 0.288. The summed E-state index contributed by atoms with van der Waals surface area (Å²) < 4.78 is 22.6. The molecule has 1 aromatic rings. The Morgan fingerprint density at radius 2 is 1.74 bits per heavy atom. The fourth-order valence-electron chi connectivity index (χ4n) is 2.28. The quantitative estimate of drug-likeness (QED) is 0.616. The van der Waals surface area contributed by atoms with Crippen LogP contribution in [0.2, 0.25) is 0 Å². The van der Waals surface area contributed by atoms with Crippen molar-refractivity contribution in [2.75, 3.05) is 13.7 Å². The maximum Gasteiger partial charge on any atom is 0.494 e. The zero-order chi connectivity index (χ0) is 17.3. The van der Waals surface area contributed by atoms with Crippen molar-refractivity contribution in [2.24, 2.45) is 0 Å². The minimum absolute atomic E-state index is 0.412. The number of esters is 1. The van der Waals surface area contributed by atoms with Crippen molar-refractivity contribution in [3.8, 4) is 5.75 Å². The first-order valence-corrected chi connectivity index (χ1v) is 7.92. The van der Waals surface area contributed by atoms with Crippen LogP contribution in [0.3, 0.4) is 0 Å². The van der Waals surface area contributed by atoms with Crippen LogP contribution in [0.1, 0.15) is 51.4 Å². The van der Waals surface area contributed by atoms with Gasteiger partial charge in [0.25, 0.3) is 0 Å². The average molecular weight is 320 g/mol. The van der Waals surface area contributed by atoms with E-state index >= 15 is 0 Å². The fraction of sp³-hybridized carbons (Fsp3) is 0.588. The Kier molecular flexibility index (Phi) is 5.06. The fourth-order valence-corrected chi connectivity index (χ4v) is 2.28. The maximum absolute atomic E-state index is 11.9. The van der Waals surface area contributed by atoms with Gasteiger partial charge < -0.3 is 18.8 Å². The van der Waals surface area contributed by atoms with Crippen LogP contribution in [0, 0.1) is 0 Å². The van der Waals surface area contributed by atoms with Crippen LogP contribution >= 0.6 is 0 Å². The van der Waals surface area contributed by atoms with Crippen LogP contribution in [0.4, 0.5) is 0 Å². The maximum atomic E-state index is 11.9. The molecule has 2 rings (SSSR count). The standard InChI is InChI=1S/C17H25BO5/c1-7-8-21-14-10-12(15(19)20-6)9-13(11-14)18-22-16(2,3)17(4,5)23-18/h9-11H,7-8H2,1-6H3. The SMILES string of the molecule is CCCOc1cc(B2OC(C)(C)C(C)(C)O2)cc(C(=O)OC)c1. The van der Waals surface area contributed by atoms with Crippen LogP contribution < -0.4 is 10.2 Å².